The Morgan fingerprint density at radius 2 is 1.56 bits per heavy atom. The van der Waals surface area contributed by atoms with E-state index in [-0.39, 0.29) is 23.8 Å². The molecule has 2 amide bonds. The van der Waals surface area contributed by atoms with Gasteiger partial charge in [-0.3, -0.25) is 9.59 Å². The summed E-state index contributed by atoms with van der Waals surface area (Å²) in [6.07, 6.45) is 0.410. The number of hydrogen-bond donors (Lipinski definition) is 1. The Labute approximate surface area is 223 Å². The Bertz CT molecular complexity index is 1140. The summed E-state index contributed by atoms with van der Waals surface area (Å²) in [5.74, 6) is 0.260. The molecule has 1 unspecified atom stereocenters. The van der Waals surface area contributed by atoms with E-state index in [1.54, 1.807) is 4.90 Å². The summed E-state index contributed by atoms with van der Waals surface area (Å²) < 4.78 is 7.03. The highest BCUT2D eigenvalue weighted by molar-refractivity contribution is 9.10. The van der Waals surface area contributed by atoms with Crippen LogP contribution in [0.1, 0.15) is 44.4 Å². The Hall–Kier alpha value is -3.12. The molecule has 36 heavy (non-hydrogen) atoms. The van der Waals surface area contributed by atoms with Crippen molar-refractivity contribution in [3.8, 4) is 5.75 Å². The van der Waals surface area contributed by atoms with Crippen LogP contribution in [0.5, 0.6) is 5.75 Å². The van der Waals surface area contributed by atoms with E-state index >= 15 is 0 Å². The van der Waals surface area contributed by atoms with Crippen molar-refractivity contribution >= 4 is 27.7 Å². The molecule has 0 aliphatic carbocycles. The third-order valence-corrected chi connectivity index (χ3v) is 6.46. The summed E-state index contributed by atoms with van der Waals surface area (Å²) in [5.41, 5.74) is 2.82. The van der Waals surface area contributed by atoms with E-state index in [9.17, 15) is 9.59 Å². The number of carbonyl (C=O) groups excluding carboxylic acids is 2. The lowest BCUT2D eigenvalue weighted by Crippen LogP contribution is -2.51. The number of amides is 2. The largest absolute Gasteiger partial charge is 0.483 e. The topological polar surface area (TPSA) is 58.6 Å². The van der Waals surface area contributed by atoms with Crippen LogP contribution in [0.2, 0.25) is 0 Å². The fraction of sp³-hybridized carbons (Fsp3) is 0.333. The van der Waals surface area contributed by atoms with E-state index in [2.05, 4.69) is 42.0 Å². The lowest BCUT2D eigenvalue weighted by atomic mass is 9.86. The molecule has 5 nitrogen and oxygen atoms in total. The minimum absolute atomic E-state index is 0.131. The average Bonchev–Trinajstić information content (AvgIpc) is 2.86. The van der Waals surface area contributed by atoms with Crippen molar-refractivity contribution in [2.75, 3.05) is 13.2 Å². The molecule has 190 valence electrons. The lowest BCUT2D eigenvalue weighted by Gasteiger charge is -2.31. The molecule has 1 atom stereocenters. The molecule has 0 fully saturated rings. The van der Waals surface area contributed by atoms with Gasteiger partial charge in [0.25, 0.3) is 5.91 Å². The number of likely N-dealkylation sites (N-methyl/N-ethyl adjacent to an activating group) is 1. The molecule has 0 heterocycles. The predicted octanol–water partition coefficient (Wildman–Crippen LogP) is 5.90. The number of rotatable bonds is 10. The van der Waals surface area contributed by atoms with Crippen molar-refractivity contribution in [1.29, 1.82) is 0 Å². The van der Waals surface area contributed by atoms with Gasteiger partial charge in [-0.25, -0.2) is 0 Å². The zero-order chi connectivity index (χ0) is 26.1. The SMILES string of the molecule is CCNC(=O)C(Cc1ccccc1)N(Cc1ccc(Br)cc1)C(=O)COc1ccccc1C(C)(C)C. The molecule has 3 aromatic carbocycles. The van der Waals surface area contributed by atoms with E-state index in [0.717, 1.165) is 21.2 Å². The molecule has 0 bridgehead atoms. The fourth-order valence-electron chi connectivity index (χ4n) is 4.07. The van der Waals surface area contributed by atoms with Crippen LogP contribution >= 0.6 is 15.9 Å². The predicted molar refractivity (Wildman–Crippen MR) is 148 cm³/mol. The van der Waals surface area contributed by atoms with E-state index in [4.69, 9.17) is 4.74 Å². The van der Waals surface area contributed by atoms with Crippen molar-refractivity contribution in [2.24, 2.45) is 0 Å². The number of hydrogen-bond acceptors (Lipinski definition) is 3. The number of nitrogens with one attached hydrogen (secondary N) is 1. The van der Waals surface area contributed by atoms with Crippen LogP contribution in [-0.4, -0.2) is 35.9 Å². The molecule has 0 aliphatic heterocycles. The summed E-state index contributed by atoms with van der Waals surface area (Å²) >= 11 is 3.47. The molecule has 0 saturated carbocycles. The fourth-order valence-corrected chi connectivity index (χ4v) is 4.33. The number of ether oxygens (including phenoxy) is 1. The van der Waals surface area contributed by atoms with Gasteiger partial charge in [-0.1, -0.05) is 97.4 Å². The van der Waals surface area contributed by atoms with E-state index in [1.807, 2.05) is 85.8 Å². The van der Waals surface area contributed by atoms with Crippen molar-refractivity contribution in [3.05, 3.63) is 100 Å². The quantitative estimate of drug-likeness (QED) is 0.341. The maximum absolute atomic E-state index is 13.7. The van der Waals surface area contributed by atoms with Gasteiger partial charge in [-0.15, -0.1) is 0 Å². The lowest BCUT2D eigenvalue weighted by molar-refractivity contribution is -0.142. The van der Waals surface area contributed by atoms with Gasteiger partial charge in [0.05, 0.1) is 0 Å². The normalized spacial score (nSPS) is 12.0. The molecule has 0 aromatic heterocycles. The van der Waals surface area contributed by atoms with Crippen LogP contribution < -0.4 is 10.1 Å². The monoisotopic (exact) mass is 550 g/mol. The second-order valence-electron chi connectivity index (χ2n) is 9.78. The van der Waals surface area contributed by atoms with Crippen LogP contribution in [0.15, 0.2) is 83.3 Å². The first-order chi connectivity index (χ1) is 17.2. The van der Waals surface area contributed by atoms with Crippen molar-refractivity contribution in [1.82, 2.24) is 10.2 Å². The Morgan fingerprint density at radius 1 is 0.917 bits per heavy atom. The molecule has 0 saturated heterocycles. The molecule has 0 aliphatic rings. The highest BCUT2D eigenvalue weighted by Gasteiger charge is 2.31. The van der Waals surface area contributed by atoms with Gasteiger partial charge in [0.2, 0.25) is 5.91 Å². The van der Waals surface area contributed by atoms with Crippen molar-refractivity contribution in [2.45, 2.75) is 52.1 Å². The number of nitrogens with zero attached hydrogens (tertiary/aromatic N) is 1. The minimum Gasteiger partial charge on any atom is -0.483 e. The molecule has 0 spiro atoms. The van der Waals surface area contributed by atoms with Crippen LogP contribution in [0.3, 0.4) is 0 Å². The Kier molecular flexibility index (Phi) is 9.71. The van der Waals surface area contributed by atoms with Gasteiger partial charge < -0.3 is 15.0 Å². The summed E-state index contributed by atoms with van der Waals surface area (Å²) in [6.45, 7) is 8.84. The van der Waals surface area contributed by atoms with Crippen LogP contribution in [0, 0.1) is 0 Å². The molecule has 3 aromatic rings. The molecule has 1 N–H and O–H groups in total. The summed E-state index contributed by atoms with van der Waals surface area (Å²) in [4.78, 5) is 28.6. The molecular weight excluding hydrogens is 516 g/mol. The smallest absolute Gasteiger partial charge is 0.261 e. The standard InChI is InChI=1S/C30H35BrN2O3/c1-5-32-29(35)26(19-22-11-7-6-8-12-22)33(20-23-15-17-24(31)18-16-23)28(34)21-36-27-14-10-9-13-25(27)30(2,3)4/h6-18,26H,5,19-21H2,1-4H3,(H,32,35). The molecule has 6 heteroatoms. The van der Waals surface area contributed by atoms with Crippen molar-refractivity contribution < 1.29 is 14.3 Å². The highest BCUT2D eigenvalue weighted by Crippen LogP contribution is 2.31. The van der Waals surface area contributed by atoms with E-state index in [1.165, 1.54) is 0 Å². The third-order valence-electron chi connectivity index (χ3n) is 5.93. The number of benzene rings is 3. The Morgan fingerprint density at radius 3 is 2.19 bits per heavy atom. The highest BCUT2D eigenvalue weighted by atomic mass is 79.9. The van der Waals surface area contributed by atoms with Crippen LogP contribution in [0.4, 0.5) is 0 Å². The van der Waals surface area contributed by atoms with Crippen molar-refractivity contribution in [3.63, 3.8) is 0 Å². The first-order valence-electron chi connectivity index (χ1n) is 12.3. The number of halogens is 1. The third kappa shape index (κ3) is 7.69. The maximum Gasteiger partial charge on any atom is 0.261 e. The number of para-hydroxylation sites is 1. The maximum atomic E-state index is 13.7. The van der Waals surface area contributed by atoms with E-state index in [0.29, 0.717) is 25.3 Å². The van der Waals surface area contributed by atoms with Crippen LogP contribution in [0.25, 0.3) is 0 Å². The second kappa shape index (κ2) is 12.7. The first kappa shape index (κ1) is 27.5. The van der Waals surface area contributed by atoms with Gasteiger partial charge in [0.1, 0.15) is 11.8 Å². The zero-order valence-corrected chi connectivity index (χ0v) is 23.0. The van der Waals surface area contributed by atoms with Crippen LogP contribution in [-0.2, 0) is 28.0 Å². The second-order valence-corrected chi connectivity index (χ2v) is 10.7. The summed E-state index contributed by atoms with van der Waals surface area (Å²) in [5, 5.41) is 2.92. The van der Waals surface area contributed by atoms with E-state index < -0.39 is 6.04 Å². The Balaban J connectivity index is 1.91. The van der Waals surface area contributed by atoms with Gasteiger partial charge in [0.15, 0.2) is 6.61 Å². The van der Waals surface area contributed by atoms with Gasteiger partial charge in [0, 0.05) is 24.0 Å². The molecular formula is C30H35BrN2O3. The van der Waals surface area contributed by atoms with Gasteiger partial charge in [-0.2, -0.15) is 0 Å². The van der Waals surface area contributed by atoms with Gasteiger partial charge in [-0.05, 0) is 47.2 Å². The number of carbonyl (C=O) groups is 2. The van der Waals surface area contributed by atoms with Gasteiger partial charge >= 0.3 is 0 Å². The minimum atomic E-state index is -0.676. The summed E-state index contributed by atoms with van der Waals surface area (Å²) in [7, 11) is 0. The zero-order valence-electron chi connectivity index (χ0n) is 21.5. The average molecular weight is 552 g/mol. The molecule has 3 rings (SSSR count). The molecule has 0 radical (unpaired) electrons. The summed E-state index contributed by atoms with van der Waals surface area (Å²) in [6, 6.07) is 24.7. The first-order valence-corrected chi connectivity index (χ1v) is 13.1.